The molecule has 1 aliphatic rings. The molecule has 180 valence electrons. The number of para-hydroxylation sites is 1. The molecule has 8 heteroatoms. The van der Waals surface area contributed by atoms with Gasteiger partial charge in [-0.1, -0.05) is 23.7 Å². The molecule has 7 nitrogen and oxygen atoms in total. The first-order valence-electron chi connectivity index (χ1n) is 11.7. The number of hydrogen-bond acceptors (Lipinski definition) is 6. The molecule has 0 bridgehead atoms. The normalized spacial score (nSPS) is 18.4. The van der Waals surface area contributed by atoms with E-state index >= 15 is 0 Å². The van der Waals surface area contributed by atoms with Gasteiger partial charge in [0.1, 0.15) is 11.6 Å². The smallest absolute Gasteiger partial charge is 0.263 e. The maximum Gasteiger partial charge on any atom is 0.263 e. The van der Waals surface area contributed by atoms with Gasteiger partial charge in [-0.25, -0.2) is 4.98 Å². The minimum Gasteiger partial charge on any atom is -0.478 e. The molecule has 0 unspecified atom stereocenters. The van der Waals surface area contributed by atoms with Gasteiger partial charge < -0.3 is 20.3 Å². The summed E-state index contributed by atoms with van der Waals surface area (Å²) in [4.78, 5) is 24.4. The second kappa shape index (κ2) is 10.1. The van der Waals surface area contributed by atoms with Crippen molar-refractivity contribution in [2.24, 2.45) is 0 Å². The van der Waals surface area contributed by atoms with Crippen molar-refractivity contribution in [3.63, 3.8) is 0 Å². The quantitative estimate of drug-likeness (QED) is 0.491. The van der Waals surface area contributed by atoms with Crippen molar-refractivity contribution in [2.75, 3.05) is 24.3 Å². The monoisotopic (exact) mass is 481 g/mol. The Balaban J connectivity index is 1.33. The molecule has 0 spiro atoms. The lowest BCUT2D eigenvalue weighted by atomic mass is 9.90. The molecule has 1 aliphatic carbocycles. The van der Waals surface area contributed by atoms with Crippen molar-refractivity contribution in [3.8, 4) is 5.75 Å². The number of fused-ring (bicyclic) bond motifs is 1. The molecule has 0 aliphatic heterocycles. The van der Waals surface area contributed by atoms with Crippen molar-refractivity contribution in [3.05, 3.63) is 53.6 Å². The van der Waals surface area contributed by atoms with Gasteiger partial charge in [0.2, 0.25) is 5.95 Å². The van der Waals surface area contributed by atoms with Crippen LogP contribution in [0.25, 0.3) is 10.9 Å². The van der Waals surface area contributed by atoms with Gasteiger partial charge in [-0.15, -0.1) is 0 Å². The highest BCUT2D eigenvalue weighted by Crippen LogP contribution is 2.27. The van der Waals surface area contributed by atoms with Gasteiger partial charge in [0.05, 0.1) is 5.52 Å². The Morgan fingerprint density at radius 3 is 2.32 bits per heavy atom. The summed E-state index contributed by atoms with van der Waals surface area (Å²) in [6.07, 6.45) is 3.62. The molecular weight excluding hydrogens is 450 g/mol. The van der Waals surface area contributed by atoms with Gasteiger partial charge >= 0.3 is 0 Å². The first kappa shape index (κ1) is 24.1. The van der Waals surface area contributed by atoms with E-state index in [1.807, 2.05) is 43.3 Å². The number of hydrogen-bond donors (Lipinski definition) is 2. The van der Waals surface area contributed by atoms with E-state index < -0.39 is 5.60 Å². The highest BCUT2D eigenvalue weighted by atomic mass is 35.5. The molecule has 4 rings (SSSR count). The minimum atomic E-state index is -0.982. The number of anilines is 2. The summed E-state index contributed by atoms with van der Waals surface area (Å²) in [5, 5.41) is 8.35. The number of halogens is 1. The van der Waals surface area contributed by atoms with Crippen LogP contribution >= 0.6 is 11.6 Å². The van der Waals surface area contributed by atoms with Crippen LogP contribution in [0.2, 0.25) is 5.02 Å². The van der Waals surface area contributed by atoms with E-state index in [2.05, 4.69) is 10.6 Å². The fourth-order valence-corrected chi connectivity index (χ4v) is 4.36. The number of aromatic nitrogens is 2. The zero-order chi connectivity index (χ0) is 24.3. The van der Waals surface area contributed by atoms with E-state index in [4.69, 9.17) is 26.3 Å². The predicted molar refractivity (Wildman–Crippen MR) is 138 cm³/mol. The van der Waals surface area contributed by atoms with Crippen molar-refractivity contribution >= 4 is 40.2 Å². The molecule has 0 atom stereocenters. The number of nitrogens with one attached hydrogen (secondary N) is 2. The molecule has 1 aromatic heterocycles. The van der Waals surface area contributed by atoms with Gasteiger partial charge in [-0.3, -0.25) is 4.79 Å². The molecule has 1 fully saturated rings. The Hall–Kier alpha value is -3.06. The first-order valence-corrected chi connectivity index (χ1v) is 12.1. The lowest BCUT2D eigenvalue weighted by Crippen LogP contribution is -2.51. The van der Waals surface area contributed by atoms with Gasteiger partial charge in [-0.2, -0.15) is 4.98 Å². The van der Waals surface area contributed by atoms with Crippen molar-refractivity contribution in [1.82, 2.24) is 15.3 Å². The Bertz CT molecular complexity index is 1140. The molecule has 0 radical (unpaired) electrons. The second-order valence-electron chi connectivity index (χ2n) is 9.52. The van der Waals surface area contributed by atoms with Crippen molar-refractivity contribution in [1.29, 1.82) is 0 Å². The van der Waals surface area contributed by atoms with Crippen LogP contribution in [0.15, 0.2) is 48.5 Å². The molecule has 1 saturated carbocycles. The molecule has 1 amide bonds. The second-order valence-corrected chi connectivity index (χ2v) is 9.95. The van der Waals surface area contributed by atoms with Gasteiger partial charge in [0.15, 0.2) is 5.60 Å². The Kier molecular flexibility index (Phi) is 7.12. The number of carbonyl (C=O) groups excluding carboxylic acids is 1. The minimum absolute atomic E-state index is 0.118. The predicted octanol–water partition coefficient (Wildman–Crippen LogP) is 5.05. The largest absolute Gasteiger partial charge is 0.478 e. The highest BCUT2D eigenvalue weighted by Gasteiger charge is 2.33. The van der Waals surface area contributed by atoms with E-state index in [9.17, 15) is 4.79 Å². The van der Waals surface area contributed by atoms with Crippen molar-refractivity contribution < 1.29 is 9.53 Å². The third-order valence-electron chi connectivity index (χ3n) is 6.14. The van der Waals surface area contributed by atoms with Gasteiger partial charge in [-0.05, 0) is 75.9 Å². The number of benzene rings is 2. The fraction of sp³-hybridized carbons (Fsp3) is 0.423. The maximum absolute atomic E-state index is 12.9. The van der Waals surface area contributed by atoms with Crippen LogP contribution in [0, 0.1) is 0 Å². The zero-order valence-electron chi connectivity index (χ0n) is 20.1. The maximum atomic E-state index is 12.9. The lowest BCUT2D eigenvalue weighted by Gasteiger charge is -2.33. The van der Waals surface area contributed by atoms with Crippen LogP contribution in [0.5, 0.6) is 5.75 Å². The number of nitrogens with zero attached hydrogens (tertiary/aromatic N) is 3. The van der Waals surface area contributed by atoms with Crippen LogP contribution in [-0.2, 0) is 4.79 Å². The Morgan fingerprint density at radius 2 is 1.65 bits per heavy atom. The molecule has 2 N–H and O–H groups in total. The lowest BCUT2D eigenvalue weighted by molar-refractivity contribution is -0.135. The third kappa shape index (κ3) is 5.70. The molecule has 3 aromatic rings. The van der Waals surface area contributed by atoms with E-state index in [0.29, 0.717) is 16.7 Å². The summed E-state index contributed by atoms with van der Waals surface area (Å²) in [5.41, 5.74) is -0.0580. The summed E-state index contributed by atoms with van der Waals surface area (Å²) >= 11 is 5.93. The topological polar surface area (TPSA) is 79.4 Å². The number of amides is 1. The first-order chi connectivity index (χ1) is 16.2. The summed E-state index contributed by atoms with van der Waals surface area (Å²) in [5.74, 6) is 2.04. The summed E-state index contributed by atoms with van der Waals surface area (Å²) in [6, 6.07) is 15.5. The van der Waals surface area contributed by atoms with Crippen LogP contribution in [0.4, 0.5) is 11.8 Å². The molecule has 2 aromatic carbocycles. The summed E-state index contributed by atoms with van der Waals surface area (Å²) < 4.78 is 5.92. The molecular formula is C26H32ClN5O2. The molecule has 34 heavy (non-hydrogen) atoms. The zero-order valence-corrected chi connectivity index (χ0v) is 20.9. The third-order valence-corrected chi connectivity index (χ3v) is 6.39. The molecule has 1 heterocycles. The highest BCUT2D eigenvalue weighted by molar-refractivity contribution is 6.30. The standard InChI is InChI=1S/C26H32ClN5O2/c1-26(2,34-20-15-9-17(27)10-16-20)24(33)28-18-11-13-19(14-12-18)29-25-30-22-8-6-5-7-21(22)23(31-25)32(3)4/h5-10,15-16,18-19H,11-14H2,1-4H3,(H,28,33)(H,29,30,31)/t18-,19+. The molecule has 0 saturated heterocycles. The fourth-order valence-electron chi connectivity index (χ4n) is 4.23. The Labute approximate surface area is 205 Å². The number of rotatable bonds is 7. The van der Waals surface area contributed by atoms with Crippen LogP contribution in [-0.4, -0.2) is 47.7 Å². The Morgan fingerprint density at radius 1 is 1.00 bits per heavy atom. The number of ether oxygens (including phenoxy) is 1. The van der Waals surface area contributed by atoms with Crippen molar-refractivity contribution in [2.45, 2.75) is 57.2 Å². The summed E-state index contributed by atoms with van der Waals surface area (Å²) in [7, 11) is 3.98. The average Bonchev–Trinajstić information content (AvgIpc) is 2.81. The number of carbonyl (C=O) groups is 1. The van der Waals surface area contributed by atoms with E-state index in [-0.39, 0.29) is 18.0 Å². The van der Waals surface area contributed by atoms with Gasteiger partial charge in [0.25, 0.3) is 5.91 Å². The van der Waals surface area contributed by atoms with Crippen LogP contribution < -0.4 is 20.3 Å². The van der Waals surface area contributed by atoms with E-state index in [1.165, 1.54) is 0 Å². The van der Waals surface area contributed by atoms with E-state index in [0.717, 1.165) is 42.4 Å². The SMILES string of the molecule is CN(C)c1nc(N[C@H]2CC[C@@H](NC(=O)C(C)(C)Oc3ccc(Cl)cc3)CC2)nc2ccccc12. The van der Waals surface area contributed by atoms with Gasteiger partial charge in [0, 0.05) is 36.6 Å². The van der Waals surface area contributed by atoms with Crippen LogP contribution in [0.3, 0.4) is 0 Å². The summed E-state index contributed by atoms with van der Waals surface area (Å²) in [6.45, 7) is 3.56. The van der Waals surface area contributed by atoms with Crippen LogP contribution in [0.1, 0.15) is 39.5 Å². The van der Waals surface area contributed by atoms with E-state index in [1.54, 1.807) is 38.1 Å². The average molecular weight is 482 g/mol.